The number of aliphatic hydroxyl groups is 16. The molecule has 0 saturated carbocycles. The number of ether oxygens (including phenoxy) is 10. The summed E-state index contributed by atoms with van der Waals surface area (Å²) in [5.41, 5.74) is 0. The Morgan fingerprint density at radius 3 is 1.18 bits per heavy atom. The molecule has 10 unspecified atom stereocenters. The van der Waals surface area contributed by atoms with Crippen molar-refractivity contribution < 1.29 is 129 Å². The minimum atomic E-state index is -2.08. The average Bonchev–Trinajstić information content (AvgIpc) is 3.19. The van der Waals surface area contributed by atoms with Crippen molar-refractivity contribution in [2.75, 3.05) is 40.1 Å². The van der Waals surface area contributed by atoms with E-state index in [9.17, 15) is 81.7 Å². The summed E-state index contributed by atoms with van der Waals surface area (Å²) in [6.07, 6.45) is -44.4. The third-order valence-corrected chi connectivity index (χ3v) is 10.5. The third-order valence-electron chi connectivity index (χ3n) is 10.5. The van der Waals surface area contributed by atoms with Crippen molar-refractivity contribution in [1.29, 1.82) is 0 Å². The summed E-state index contributed by atoms with van der Waals surface area (Å²) in [4.78, 5) is 0. The van der Waals surface area contributed by atoms with Gasteiger partial charge < -0.3 is 129 Å². The van der Waals surface area contributed by atoms with Crippen LogP contribution in [-0.4, -0.2) is 275 Å². The molecule has 5 aliphatic rings. The lowest BCUT2D eigenvalue weighted by Gasteiger charge is -2.48. The Labute approximate surface area is 323 Å². The number of aliphatic hydroxyl groups excluding tert-OH is 16. The maximum absolute atomic E-state index is 11.3. The lowest BCUT2D eigenvalue weighted by Crippen LogP contribution is -2.67. The van der Waals surface area contributed by atoms with Gasteiger partial charge in [0.1, 0.15) is 122 Å². The smallest absolute Gasteiger partial charge is 0.187 e. The SMILES string of the molecule is CO[C@@H]1C(O)[C@H](O[C@@H]2C(O)[C@H](O)OC(CO)[C@H]2O)OC(CO[C@@H]2OC(CO)[C@@H](O)[C@H](O[C@@H]3OC(CO)[C@@H](O)[C@H](O[C@@H]4OC(CO)[C@@H](O)[C@H](O)C4O)C3O)C2O)[C@H]1O. The van der Waals surface area contributed by atoms with E-state index >= 15 is 0 Å². The quantitative estimate of drug-likeness (QED) is 0.0772. The molecule has 0 amide bonds. The summed E-state index contributed by atoms with van der Waals surface area (Å²) >= 11 is 0. The van der Waals surface area contributed by atoms with Crippen LogP contribution in [0.25, 0.3) is 0 Å². The number of hydrogen-bond acceptors (Lipinski definition) is 26. The fourth-order valence-electron chi connectivity index (χ4n) is 7.17. The Morgan fingerprint density at radius 1 is 0.351 bits per heavy atom. The van der Waals surface area contributed by atoms with Crippen molar-refractivity contribution in [2.24, 2.45) is 0 Å². The minimum absolute atomic E-state index is 0.729. The van der Waals surface area contributed by atoms with E-state index in [1.807, 2.05) is 0 Å². The molecule has 0 aromatic carbocycles. The zero-order valence-corrected chi connectivity index (χ0v) is 30.2. The van der Waals surface area contributed by atoms with Gasteiger partial charge in [0.2, 0.25) is 0 Å². The Balaban J connectivity index is 1.28. The van der Waals surface area contributed by atoms with Gasteiger partial charge in [0, 0.05) is 7.11 Å². The van der Waals surface area contributed by atoms with E-state index in [0.717, 1.165) is 7.11 Å². The van der Waals surface area contributed by atoms with Crippen LogP contribution in [0.15, 0.2) is 0 Å². The number of rotatable bonds is 14. The normalized spacial score (nSPS) is 52.5. The molecule has 16 N–H and O–H groups in total. The fourth-order valence-corrected chi connectivity index (χ4v) is 7.17. The average molecular weight is 843 g/mol. The Hall–Kier alpha value is -1.04. The highest BCUT2D eigenvalue weighted by atomic mass is 16.8. The summed E-state index contributed by atoms with van der Waals surface area (Å²) < 4.78 is 54.6. The van der Waals surface area contributed by atoms with Crippen LogP contribution in [0, 0.1) is 0 Å². The van der Waals surface area contributed by atoms with Crippen LogP contribution in [0.5, 0.6) is 0 Å². The summed E-state index contributed by atoms with van der Waals surface area (Å²) in [7, 11) is 1.12. The van der Waals surface area contributed by atoms with Gasteiger partial charge in [-0.2, -0.15) is 0 Å². The van der Waals surface area contributed by atoms with Crippen LogP contribution in [0.4, 0.5) is 0 Å². The van der Waals surface area contributed by atoms with E-state index in [0.29, 0.717) is 0 Å². The molecule has 5 heterocycles. The third kappa shape index (κ3) is 9.72. The predicted molar refractivity (Wildman–Crippen MR) is 171 cm³/mol. The second-order valence-corrected chi connectivity index (χ2v) is 14.2. The van der Waals surface area contributed by atoms with Crippen LogP contribution < -0.4 is 0 Å². The fraction of sp³-hybridized carbons (Fsp3) is 1.00. The molecule has 57 heavy (non-hydrogen) atoms. The van der Waals surface area contributed by atoms with Crippen LogP contribution >= 0.6 is 0 Å². The van der Waals surface area contributed by atoms with Gasteiger partial charge in [-0.15, -0.1) is 0 Å². The van der Waals surface area contributed by atoms with E-state index < -0.39 is 187 Å². The lowest BCUT2D eigenvalue weighted by molar-refractivity contribution is -0.384. The maximum Gasteiger partial charge on any atom is 0.187 e. The second kappa shape index (κ2) is 20.2. The molecule has 5 fully saturated rings. The monoisotopic (exact) mass is 842 g/mol. The molecule has 0 spiro atoms. The highest BCUT2D eigenvalue weighted by Crippen LogP contribution is 2.34. The van der Waals surface area contributed by atoms with Crippen molar-refractivity contribution >= 4 is 0 Å². The van der Waals surface area contributed by atoms with E-state index in [1.54, 1.807) is 0 Å². The number of methoxy groups -OCH3 is 1. The molecule has 5 aliphatic heterocycles. The summed E-state index contributed by atoms with van der Waals surface area (Å²) in [5.74, 6) is 0. The van der Waals surface area contributed by atoms with Crippen LogP contribution in [0.2, 0.25) is 0 Å². The van der Waals surface area contributed by atoms with Crippen molar-refractivity contribution in [1.82, 2.24) is 0 Å². The molecule has 0 radical (unpaired) electrons. The minimum Gasteiger partial charge on any atom is -0.394 e. The summed E-state index contributed by atoms with van der Waals surface area (Å²) in [6, 6.07) is 0. The van der Waals surface area contributed by atoms with Gasteiger partial charge in [-0.25, -0.2) is 0 Å². The van der Waals surface area contributed by atoms with Gasteiger partial charge in [-0.1, -0.05) is 0 Å². The van der Waals surface area contributed by atoms with E-state index in [2.05, 4.69) is 0 Å². The predicted octanol–water partition coefficient (Wildman–Crippen LogP) is -11.3. The van der Waals surface area contributed by atoms with Crippen molar-refractivity contribution in [3.63, 3.8) is 0 Å². The van der Waals surface area contributed by atoms with Gasteiger partial charge in [0.15, 0.2) is 31.5 Å². The van der Waals surface area contributed by atoms with Gasteiger partial charge in [-0.05, 0) is 0 Å². The molecule has 5 rings (SSSR count). The van der Waals surface area contributed by atoms with E-state index in [1.165, 1.54) is 0 Å². The first kappa shape index (κ1) is 47.0. The first-order chi connectivity index (χ1) is 27.0. The molecule has 0 bridgehead atoms. The Kier molecular flexibility index (Phi) is 16.7. The van der Waals surface area contributed by atoms with Crippen molar-refractivity contribution in [3.8, 4) is 0 Å². The zero-order valence-electron chi connectivity index (χ0n) is 30.2. The molecule has 25 atom stereocenters. The topological polar surface area (TPSA) is 416 Å². The number of hydrogen-bond donors (Lipinski definition) is 16. The molecular weight excluding hydrogens is 788 g/mol. The lowest BCUT2D eigenvalue weighted by atomic mass is 9.96. The van der Waals surface area contributed by atoms with Gasteiger partial charge in [-0.3, -0.25) is 0 Å². The van der Waals surface area contributed by atoms with Crippen molar-refractivity contribution in [3.05, 3.63) is 0 Å². The molecule has 334 valence electrons. The maximum atomic E-state index is 11.3. The van der Waals surface area contributed by atoms with E-state index in [4.69, 9.17) is 47.4 Å². The summed E-state index contributed by atoms with van der Waals surface area (Å²) in [6.45, 7) is -4.19. The second-order valence-electron chi connectivity index (χ2n) is 14.2. The summed E-state index contributed by atoms with van der Waals surface area (Å²) in [5, 5.41) is 167. The Morgan fingerprint density at radius 2 is 0.702 bits per heavy atom. The zero-order chi connectivity index (χ0) is 42.0. The van der Waals surface area contributed by atoms with Crippen LogP contribution in [-0.2, 0) is 47.4 Å². The molecule has 0 aromatic heterocycles. The highest BCUT2D eigenvalue weighted by molar-refractivity contribution is 4.98. The van der Waals surface area contributed by atoms with Crippen LogP contribution in [0.3, 0.4) is 0 Å². The van der Waals surface area contributed by atoms with E-state index in [-0.39, 0.29) is 0 Å². The molecule has 5 saturated heterocycles. The molecule has 26 heteroatoms. The van der Waals surface area contributed by atoms with Gasteiger partial charge in [0.05, 0.1) is 33.0 Å². The van der Waals surface area contributed by atoms with Crippen LogP contribution in [0.1, 0.15) is 0 Å². The first-order valence-electron chi connectivity index (χ1n) is 18.0. The van der Waals surface area contributed by atoms with Crippen molar-refractivity contribution in [2.45, 2.75) is 154 Å². The molecule has 26 nitrogen and oxygen atoms in total. The molecule has 0 aromatic rings. The Bertz CT molecular complexity index is 1220. The largest absolute Gasteiger partial charge is 0.394 e. The van der Waals surface area contributed by atoms with Gasteiger partial charge >= 0.3 is 0 Å². The standard InChI is InChI=1S/C31H54O26/c1-48-23-16(40)11(54-30(20(23)44)55-24-13(37)8(3-33)50-27(47)19(24)43)6-49-28-21(45)25(14(38)9(4-34)51-28)57-31-22(46)26(15(39)10(5-35)53-31)56-29-18(42)17(41)12(36)7(2-32)52-29/h7-47H,2-6H2,1H3/t7?,8?,9?,10?,11?,12-,13-,14-,15-,16-,17+,18?,19?,20?,21?,22?,23+,24+,25+,26+,27-,28-,29+,30+,31+/m1/s1. The molecular formula is C31H54O26. The molecule has 0 aliphatic carbocycles. The van der Waals surface area contributed by atoms with Gasteiger partial charge in [0.25, 0.3) is 0 Å². The highest BCUT2D eigenvalue weighted by Gasteiger charge is 2.55. The first-order valence-corrected chi connectivity index (χ1v) is 18.0.